The van der Waals surface area contributed by atoms with Gasteiger partial charge in [0.25, 0.3) is 5.91 Å². The van der Waals surface area contributed by atoms with Gasteiger partial charge < -0.3 is 21.1 Å². The molecule has 0 atom stereocenters. The van der Waals surface area contributed by atoms with Gasteiger partial charge >= 0.3 is 0 Å². The van der Waals surface area contributed by atoms with Crippen molar-refractivity contribution in [3.05, 3.63) is 4.88 Å². The van der Waals surface area contributed by atoms with Gasteiger partial charge in [0.05, 0.1) is 5.60 Å². The molecule has 0 radical (unpaired) electrons. The largest absolute Gasteiger partial charge is 0.389 e. The lowest BCUT2D eigenvalue weighted by atomic mass is 10.1. The number of nitrogen functional groups attached to an aromatic ring is 1. The van der Waals surface area contributed by atoms with E-state index in [9.17, 15) is 9.90 Å². The Morgan fingerprint density at radius 3 is 2.65 bits per heavy atom. The zero-order valence-corrected chi connectivity index (χ0v) is 13.4. The SMILES string of the molecule is CCCNc1nc(N)c(C(=O)N(CC)CC(C)(C)O)s1. The molecule has 1 rings (SSSR count). The molecule has 0 saturated heterocycles. The van der Waals surface area contributed by atoms with E-state index in [1.165, 1.54) is 11.3 Å². The van der Waals surface area contributed by atoms with Crippen LogP contribution in [-0.4, -0.2) is 46.1 Å². The van der Waals surface area contributed by atoms with Gasteiger partial charge in [0, 0.05) is 19.6 Å². The summed E-state index contributed by atoms with van der Waals surface area (Å²) < 4.78 is 0. The molecule has 20 heavy (non-hydrogen) atoms. The molecule has 6 nitrogen and oxygen atoms in total. The second kappa shape index (κ2) is 6.90. The molecular weight excluding hydrogens is 276 g/mol. The zero-order chi connectivity index (χ0) is 15.3. The number of carbonyl (C=O) groups excluding carboxylic acids is 1. The third-order valence-corrected chi connectivity index (χ3v) is 3.64. The van der Waals surface area contributed by atoms with Crippen molar-refractivity contribution in [2.75, 3.05) is 30.7 Å². The van der Waals surface area contributed by atoms with Gasteiger partial charge in [-0.05, 0) is 27.2 Å². The average molecular weight is 300 g/mol. The molecule has 0 bridgehead atoms. The highest BCUT2D eigenvalue weighted by Crippen LogP contribution is 2.26. The van der Waals surface area contributed by atoms with Crippen molar-refractivity contribution in [3.63, 3.8) is 0 Å². The number of amides is 1. The summed E-state index contributed by atoms with van der Waals surface area (Å²) in [6.07, 6.45) is 0.975. The van der Waals surface area contributed by atoms with Crippen LogP contribution in [0.15, 0.2) is 0 Å². The Morgan fingerprint density at radius 2 is 2.15 bits per heavy atom. The molecule has 1 aromatic heterocycles. The van der Waals surface area contributed by atoms with Crippen LogP contribution in [0.1, 0.15) is 43.8 Å². The molecule has 0 aromatic carbocycles. The molecule has 7 heteroatoms. The second-order valence-electron chi connectivity index (χ2n) is 5.29. The van der Waals surface area contributed by atoms with Gasteiger partial charge in [-0.15, -0.1) is 0 Å². The maximum absolute atomic E-state index is 12.4. The van der Waals surface area contributed by atoms with Gasteiger partial charge in [-0.25, -0.2) is 4.98 Å². The molecule has 1 heterocycles. The minimum atomic E-state index is -0.936. The Balaban J connectivity index is 2.86. The van der Waals surface area contributed by atoms with E-state index in [2.05, 4.69) is 17.2 Å². The lowest BCUT2D eigenvalue weighted by Gasteiger charge is -2.27. The maximum atomic E-state index is 12.4. The van der Waals surface area contributed by atoms with Crippen molar-refractivity contribution in [1.82, 2.24) is 9.88 Å². The predicted octanol–water partition coefficient (Wildman–Crippen LogP) is 1.78. The molecule has 0 saturated carbocycles. The Kier molecular flexibility index (Phi) is 5.76. The first-order chi connectivity index (χ1) is 9.28. The van der Waals surface area contributed by atoms with E-state index >= 15 is 0 Å². The zero-order valence-electron chi connectivity index (χ0n) is 12.6. The van der Waals surface area contributed by atoms with Crippen molar-refractivity contribution in [3.8, 4) is 0 Å². The fourth-order valence-corrected chi connectivity index (χ4v) is 2.61. The summed E-state index contributed by atoms with van der Waals surface area (Å²) in [6.45, 7) is 8.84. The highest BCUT2D eigenvalue weighted by atomic mass is 32.1. The molecule has 0 unspecified atom stereocenters. The molecule has 114 valence electrons. The monoisotopic (exact) mass is 300 g/mol. The highest BCUT2D eigenvalue weighted by Gasteiger charge is 2.25. The van der Waals surface area contributed by atoms with Crippen molar-refractivity contribution in [1.29, 1.82) is 0 Å². The van der Waals surface area contributed by atoms with Gasteiger partial charge in [-0.3, -0.25) is 4.79 Å². The first-order valence-electron chi connectivity index (χ1n) is 6.80. The normalized spacial score (nSPS) is 11.4. The van der Waals surface area contributed by atoms with Gasteiger partial charge in [0.15, 0.2) is 5.13 Å². The van der Waals surface area contributed by atoms with Crippen molar-refractivity contribution in [2.45, 2.75) is 39.7 Å². The summed E-state index contributed by atoms with van der Waals surface area (Å²) in [5, 5.41) is 13.6. The van der Waals surface area contributed by atoms with Crippen LogP contribution in [0.3, 0.4) is 0 Å². The van der Waals surface area contributed by atoms with E-state index in [-0.39, 0.29) is 18.3 Å². The van der Waals surface area contributed by atoms with Crippen LogP contribution < -0.4 is 11.1 Å². The van der Waals surface area contributed by atoms with Crippen LogP contribution in [0.2, 0.25) is 0 Å². The number of nitrogens with two attached hydrogens (primary N) is 1. The molecule has 0 aliphatic heterocycles. The van der Waals surface area contributed by atoms with Crippen molar-refractivity contribution < 1.29 is 9.90 Å². The highest BCUT2D eigenvalue weighted by molar-refractivity contribution is 7.18. The lowest BCUT2D eigenvalue weighted by Crippen LogP contribution is -2.42. The fraction of sp³-hybridized carbons (Fsp3) is 0.692. The van der Waals surface area contributed by atoms with E-state index in [0.717, 1.165) is 13.0 Å². The van der Waals surface area contributed by atoms with Crippen LogP contribution in [0, 0.1) is 0 Å². The Bertz CT molecular complexity index is 454. The van der Waals surface area contributed by atoms with E-state index in [0.29, 0.717) is 16.6 Å². The number of thiazole rings is 1. The number of hydrogen-bond donors (Lipinski definition) is 3. The van der Waals surface area contributed by atoms with Crippen LogP contribution >= 0.6 is 11.3 Å². The minimum Gasteiger partial charge on any atom is -0.389 e. The number of carbonyl (C=O) groups is 1. The van der Waals surface area contributed by atoms with Gasteiger partial charge in [-0.2, -0.15) is 0 Å². The van der Waals surface area contributed by atoms with Crippen molar-refractivity contribution in [2.24, 2.45) is 0 Å². The third-order valence-electron chi connectivity index (χ3n) is 2.62. The summed E-state index contributed by atoms with van der Waals surface area (Å²) in [5.41, 5.74) is 4.88. The quantitative estimate of drug-likeness (QED) is 0.714. The molecular formula is C13H24N4O2S. The number of aromatic nitrogens is 1. The number of rotatable bonds is 7. The van der Waals surface area contributed by atoms with Gasteiger partial charge in [0.1, 0.15) is 10.7 Å². The molecule has 0 aliphatic carbocycles. The van der Waals surface area contributed by atoms with Crippen LogP contribution in [0.4, 0.5) is 10.9 Å². The lowest BCUT2D eigenvalue weighted by molar-refractivity contribution is 0.0317. The van der Waals surface area contributed by atoms with Gasteiger partial charge in [0.2, 0.25) is 0 Å². The minimum absolute atomic E-state index is 0.186. The van der Waals surface area contributed by atoms with E-state index in [1.54, 1.807) is 18.7 Å². The number of anilines is 2. The Labute approximate surface area is 124 Å². The molecule has 0 spiro atoms. The smallest absolute Gasteiger partial charge is 0.267 e. The maximum Gasteiger partial charge on any atom is 0.267 e. The van der Waals surface area contributed by atoms with Gasteiger partial charge in [-0.1, -0.05) is 18.3 Å². The number of aliphatic hydroxyl groups is 1. The molecule has 0 fully saturated rings. The molecule has 0 aliphatic rings. The standard InChI is InChI=1S/C13H24N4O2S/c1-5-7-15-12-16-10(14)9(20-12)11(18)17(6-2)8-13(3,4)19/h19H,5-8,14H2,1-4H3,(H,15,16). The first kappa shape index (κ1) is 16.7. The number of nitrogens with one attached hydrogen (secondary N) is 1. The first-order valence-corrected chi connectivity index (χ1v) is 7.62. The summed E-state index contributed by atoms with van der Waals surface area (Å²) >= 11 is 1.26. The average Bonchev–Trinajstić information content (AvgIpc) is 2.72. The number of hydrogen-bond acceptors (Lipinski definition) is 6. The molecule has 1 amide bonds. The summed E-state index contributed by atoms with van der Waals surface area (Å²) in [7, 11) is 0. The number of likely N-dealkylation sites (N-methyl/N-ethyl adjacent to an activating group) is 1. The fourth-order valence-electron chi connectivity index (χ4n) is 1.73. The van der Waals surface area contributed by atoms with Crippen molar-refractivity contribution >= 4 is 28.2 Å². The van der Waals surface area contributed by atoms with Crippen LogP contribution in [0.25, 0.3) is 0 Å². The Hall–Kier alpha value is -1.34. The van der Waals surface area contributed by atoms with E-state index in [1.807, 2.05) is 6.92 Å². The third kappa shape index (κ3) is 4.64. The second-order valence-corrected chi connectivity index (χ2v) is 6.29. The number of nitrogens with zero attached hydrogens (tertiary/aromatic N) is 2. The molecule has 1 aromatic rings. The summed E-state index contributed by atoms with van der Waals surface area (Å²) in [6, 6.07) is 0. The predicted molar refractivity (Wildman–Crippen MR) is 83.2 cm³/mol. The van der Waals surface area contributed by atoms with Crippen LogP contribution in [0.5, 0.6) is 0 Å². The summed E-state index contributed by atoms with van der Waals surface area (Å²) in [4.78, 5) is 18.6. The van der Waals surface area contributed by atoms with Crippen LogP contribution in [-0.2, 0) is 0 Å². The summed E-state index contributed by atoms with van der Waals surface area (Å²) in [5.74, 6) is 0.0574. The Morgan fingerprint density at radius 1 is 1.50 bits per heavy atom. The molecule has 4 N–H and O–H groups in total. The van der Waals surface area contributed by atoms with E-state index in [4.69, 9.17) is 5.73 Å². The topological polar surface area (TPSA) is 91.5 Å². The van der Waals surface area contributed by atoms with E-state index < -0.39 is 5.60 Å².